The van der Waals surface area contributed by atoms with Gasteiger partial charge in [0.05, 0.1) is 35.4 Å². The fourth-order valence-electron chi connectivity index (χ4n) is 9.05. The molecule has 1 aromatic carbocycles. The van der Waals surface area contributed by atoms with Gasteiger partial charge < -0.3 is 30.9 Å². The van der Waals surface area contributed by atoms with Crippen molar-refractivity contribution in [1.82, 2.24) is 24.4 Å². The van der Waals surface area contributed by atoms with Gasteiger partial charge in [-0.2, -0.15) is 5.26 Å². The Labute approximate surface area is 302 Å². The summed E-state index contributed by atoms with van der Waals surface area (Å²) in [5, 5.41) is 36.0. The van der Waals surface area contributed by atoms with E-state index in [1.807, 2.05) is 13.8 Å². The summed E-state index contributed by atoms with van der Waals surface area (Å²) in [4.78, 5) is 17.8. The normalized spacial score (nSPS) is 29.0. The number of hydrogen-bond acceptors (Lipinski definition) is 11. The van der Waals surface area contributed by atoms with Gasteiger partial charge in [0.2, 0.25) is 0 Å². The minimum atomic E-state index is -1.12. The second-order valence-corrected chi connectivity index (χ2v) is 16.4. The standard InChI is InChI=1S/C39H57N9O3/c1-24(2)46(20-31-34(49)35(50)38(51-31)47-23-44-33-36(41)42-22-43-37(33)47)28-17-25(18-28)13-16-32-45-29-15-14-26(39(3,4)21-40)19-30(29)48(32)27-11-9-7-5-6-8-10-12-27/h14-15,19,22-25,27-28,31-32,34-35,38,45,49-50H,5-13,16-18,20H2,1-4H3,(H2,41,42,43)/t25?,28?,31-,32?,34-,35-,38-/m1/s1. The molecule has 7 rings (SSSR count). The van der Waals surface area contributed by atoms with Crippen molar-refractivity contribution in [2.24, 2.45) is 5.92 Å². The summed E-state index contributed by atoms with van der Waals surface area (Å²) in [6.07, 6.45) is 14.4. The molecule has 0 spiro atoms. The van der Waals surface area contributed by atoms with Crippen LogP contribution in [0.5, 0.6) is 0 Å². The van der Waals surface area contributed by atoms with E-state index in [0.29, 0.717) is 35.7 Å². The van der Waals surface area contributed by atoms with E-state index in [0.717, 1.165) is 31.2 Å². The van der Waals surface area contributed by atoms with Crippen LogP contribution >= 0.6 is 0 Å². The van der Waals surface area contributed by atoms with E-state index in [1.165, 1.54) is 69.1 Å². The third-order valence-corrected chi connectivity index (χ3v) is 12.2. The number of aromatic nitrogens is 4. The molecule has 3 fully saturated rings. The van der Waals surface area contributed by atoms with Crippen molar-refractivity contribution in [1.29, 1.82) is 5.26 Å². The van der Waals surface area contributed by atoms with Gasteiger partial charge in [-0.15, -0.1) is 0 Å². The molecule has 0 radical (unpaired) electrons. The van der Waals surface area contributed by atoms with Crippen LogP contribution in [0.2, 0.25) is 0 Å². The molecule has 2 aliphatic heterocycles. The van der Waals surface area contributed by atoms with Crippen LogP contribution in [0, 0.1) is 17.2 Å². The van der Waals surface area contributed by atoms with Gasteiger partial charge in [-0.05, 0) is 89.8 Å². The number of nitrogens with two attached hydrogens (primary N) is 1. The number of nitrogens with one attached hydrogen (secondary N) is 1. The Morgan fingerprint density at radius 3 is 2.47 bits per heavy atom. The van der Waals surface area contributed by atoms with Gasteiger partial charge >= 0.3 is 0 Å². The van der Waals surface area contributed by atoms with E-state index in [-0.39, 0.29) is 18.0 Å². The van der Waals surface area contributed by atoms with Crippen LogP contribution in [0.3, 0.4) is 0 Å². The molecule has 4 aliphatic rings. The van der Waals surface area contributed by atoms with Gasteiger partial charge in [-0.1, -0.05) is 44.6 Å². The van der Waals surface area contributed by atoms with Crippen LogP contribution in [0.1, 0.15) is 117 Å². The Kier molecular flexibility index (Phi) is 10.5. The molecule has 5 atom stereocenters. The van der Waals surface area contributed by atoms with Crippen molar-refractivity contribution in [2.75, 3.05) is 22.5 Å². The zero-order valence-corrected chi connectivity index (χ0v) is 30.8. The molecule has 0 bridgehead atoms. The number of imidazole rings is 1. The third kappa shape index (κ3) is 7.15. The molecule has 5 N–H and O–H groups in total. The second-order valence-electron chi connectivity index (χ2n) is 16.4. The Balaban J connectivity index is 0.993. The van der Waals surface area contributed by atoms with Crippen molar-refractivity contribution < 1.29 is 14.9 Å². The van der Waals surface area contributed by atoms with E-state index in [1.54, 1.807) is 10.9 Å². The molecule has 0 amide bonds. The monoisotopic (exact) mass is 699 g/mol. The minimum Gasteiger partial charge on any atom is -0.387 e. The highest BCUT2D eigenvalue weighted by molar-refractivity contribution is 5.81. The number of nitriles is 1. The van der Waals surface area contributed by atoms with Crippen molar-refractivity contribution in [3.05, 3.63) is 36.4 Å². The summed E-state index contributed by atoms with van der Waals surface area (Å²) in [5.41, 5.74) is 9.92. The largest absolute Gasteiger partial charge is 0.387 e. The Morgan fingerprint density at radius 1 is 1.04 bits per heavy atom. The predicted octanol–water partition coefficient (Wildman–Crippen LogP) is 5.86. The van der Waals surface area contributed by atoms with Gasteiger partial charge in [-0.25, -0.2) is 15.0 Å². The number of nitrogens with zero attached hydrogens (tertiary/aromatic N) is 7. The summed E-state index contributed by atoms with van der Waals surface area (Å²) in [5.74, 6) is 0.895. The molecule has 3 aromatic rings. The quantitative estimate of drug-likeness (QED) is 0.201. The first-order valence-electron chi connectivity index (χ1n) is 19.4. The highest BCUT2D eigenvalue weighted by atomic mass is 16.6. The molecule has 2 saturated carbocycles. The van der Waals surface area contributed by atoms with Crippen LogP contribution < -0.4 is 16.0 Å². The zero-order valence-electron chi connectivity index (χ0n) is 30.8. The lowest BCUT2D eigenvalue weighted by Crippen LogP contribution is -2.52. The van der Waals surface area contributed by atoms with Gasteiger partial charge in [-0.3, -0.25) is 9.47 Å². The summed E-state index contributed by atoms with van der Waals surface area (Å²) >= 11 is 0. The van der Waals surface area contributed by atoms with Gasteiger partial charge in [0.1, 0.15) is 30.2 Å². The maximum absolute atomic E-state index is 11.1. The molecule has 4 heterocycles. The highest BCUT2D eigenvalue weighted by Gasteiger charge is 2.47. The average Bonchev–Trinajstić information content (AvgIpc) is 3.79. The molecule has 1 unspecified atom stereocenters. The highest BCUT2D eigenvalue weighted by Crippen LogP contribution is 2.44. The summed E-state index contributed by atoms with van der Waals surface area (Å²) in [7, 11) is 0. The van der Waals surface area contributed by atoms with Gasteiger partial charge in [0, 0.05) is 24.7 Å². The summed E-state index contributed by atoms with van der Waals surface area (Å²) in [6.45, 7) is 8.95. The summed E-state index contributed by atoms with van der Waals surface area (Å²) in [6, 6.07) is 10.3. The number of hydrogen-bond donors (Lipinski definition) is 4. The molecule has 276 valence electrons. The SMILES string of the molecule is CC(C)N(C[C@H]1O[C@@H](n2cnc3c(N)ncnc32)[C@H](O)[C@@H]1O)C1CC(CCC2Nc3ccc(C(C)(C)C#N)cc3N2C2CCCCCCCC2)C1. The number of rotatable bonds is 10. The van der Waals surface area contributed by atoms with E-state index in [4.69, 9.17) is 10.5 Å². The van der Waals surface area contributed by atoms with Crippen molar-refractivity contribution in [3.63, 3.8) is 0 Å². The second kappa shape index (κ2) is 14.9. The van der Waals surface area contributed by atoms with Gasteiger partial charge in [0.15, 0.2) is 17.7 Å². The molecule has 51 heavy (non-hydrogen) atoms. The van der Waals surface area contributed by atoms with Crippen LogP contribution in [0.15, 0.2) is 30.9 Å². The first-order chi connectivity index (χ1) is 24.6. The van der Waals surface area contributed by atoms with E-state index < -0.39 is 30.0 Å². The minimum absolute atomic E-state index is 0.256. The fourth-order valence-corrected chi connectivity index (χ4v) is 9.05. The molecule has 2 aromatic heterocycles. The van der Waals surface area contributed by atoms with E-state index >= 15 is 0 Å². The van der Waals surface area contributed by atoms with Crippen LogP contribution in [0.4, 0.5) is 17.2 Å². The first-order valence-corrected chi connectivity index (χ1v) is 19.4. The Hall–Kier alpha value is -3.50. The van der Waals surface area contributed by atoms with Crippen LogP contribution in [-0.2, 0) is 10.2 Å². The first kappa shape index (κ1) is 35.9. The lowest BCUT2D eigenvalue weighted by Gasteiger charge is -2.46. The van der Waals surface area contributed by atoms with E-state index in [9.17, 15) is 15.5 Å². The van der Waals surface area contributed by atoms with Crippen molar-refractivity contribution >= 4 is 28.4 Å². The number of ether oxygens (including phenoxy) is 1. The number of aliphatic hydroxyl groups excluding tert-OH is 2. The number of aliphatic hydroxyl groups is 2. The molecule has 12 heteroatoms. The Morgan fingerprint density at radius 2 is 1.76 bits per heavy atom. The molecular formula is C39H57N9O3. The van der Waals surface area contributed by atoms with Crippen molar-refractivity contribution in [2.45, 2.75) is 159 Å². The molecule has 12 nitrogen and oxygen atoms in total. The topological polar surface area (TPSA) is 162 Å². The zero-order chi connectivity index (χ0) is 35.9. The average molecular weight is 700 g/mol. The lowest BCUT2D eigenvalue weighted by atomic mass is 9.76. The number of fused-ring (bicyclic) bond motifs is 2. The number of anilines is 3. The molecule has 2 aliphatic carbocycles. The number of nitrogen functional groups attached to an aromatic ring is 1. The Bertz CT molecular complexity index is 1690. The molecular weight excluding hydrogens is 642 g/mol. The van der Waals surface area contributed by atoms with Gasteiger partial charge in [0.25, 0.3) is 0 Å². The fraction of sp³-hybridized carbons (Fsp3) is 0.692. The summed E-state index contributed by atoms with van der Waals surface area (Å²) < 4.78 is 7.97. The molecule has 1 saturated heterocycles. The smallest absolute Gasteiger partial charge is 0.167 e. The van der Waals surface area contributed by atoms with Crippen LogP contribution in [0.25, 0.3) is 11.2 Å². The lowest BCUT2D eigenvalue weighted by molar-refractivity contribution is -0.0621. The van der Waals surface area contributed by atoms with E-state index in [2.05, 4.69) is 68.2 Å². The van der Waals surface area contributed by atoms with Crippen LogP contribution in [-0.4, -0.2) is 83.8 Å². The third-order valence-electron chi connectivity index (χ3n) is 12.2. The predicted molar refractivity (Wildman–Crippen MR) is 199 cm³/mol. The number of benzene rings is 1. The van der Waals surface area contributed by atoms with Crippen molar-refractivity contribution in [3.8, 4) is 6.07 Å². The maximum Gasteiger partial charge on any atom is 0.167 e. The maximum atomic E-state index is 11.1.